The molecule has 22 heavy (non-hydrogen) atoms. The number of hydrogen-bond acceptors (Lipinski definition) is 4. The SMILES string of the molecule is COC(=O)C1(NC(=O)CC(=O)c2ccccc2)CCCCC1. The van der Waals surface area contributed by atoms with E-state index in [9.17, 15) is 14.4 Å². The largest absolute Gasteiger partial charge is 0.467 e. The Bertz CT molecular complexity index is 547. The summed E-state index contributed by atoms with van der Waals surface area (Å²) in [5, 5.41) is 2.75. The lowest BCUT2D eigenvalue weighted by molar-refractivity contribution is -0.152. The molecule has 1 saturated carbocycles. The minimum Gasteiger partial charge on any atom is -0.467 e. The van der Waals surface area contributed by atoms with E-state index in [4.69, 9.17) is 4.74 Å². The number of rotatable bonds is 5. The molecule has 0 unspecified atom stereocenters. The summed E-state index contributed by atoms with van der Waals surface area (Å²) in [6, 6.07) is 8.66. The topological polar surface area (TPSA) is 72.5 Å². The van der Waals surface area contributed by atoms with Crippen molar-refractivity contribution in [2.24, 2.45) is 0 Å². The van der Waals surface area contributed by atoms with Gasteiger partial charge in [0.25, 0.3) is 0 Å². The molecule has 118 valence electrons. The Balaban J connectivity index is 2.02. The molecule has 0 atom stereocenters. The van der Waals surface area contributed by atoms with Gasteiger partial charge in [0.05, 0.1) is 13.5 Å². The van der Waals surface area contributed by atoms with Crippen LogP contribution in [0, 0.1) is 0 Å². The van der Waals surface area contributed by atoms with E-state index < -0.39 is 17.4 Å². The lowest BCUT2D eigenvalue weighted by atomic mass is 9.81. The first kappa shape index (κ1) is 16.2. The van der Waals surface area contributed by atoms with Crippen LogP contribution in [0.15, 0.2) is 30.3 Å². The summed E-state index contributed by atoms with van der Waals surface area (Å²) in [6.45, 7) is 0. The summed E-state index contributed by atoms with van der Waals surface area (Å²) in [5.74, 6) is -1.11. The first-order valence-electron chi connectivity index (χ1n) is 7.55. The van der Waals surface area contributed by atoms with Gasteiger partial charge in [-0.2, -0.15) is 0 Å². The summed E-state index contributed by atoms with van der Waals surface area (Å²) in [7, 11) is 1.32. The van der Waals surface area contributed by atoms with Gasteiger partial charge in [-0.3, -0.25) is 9.59 Å². The van der Waals surface area contributed by atoms with Crippen LogP contribution in [0.1, 0.15) is 48.9 Å². The van der Waals surface area contributed by atoms with Crippen molar-refractivity contribution < 1.29 is 19.1 Å². The fraction of sp³-hybridized carbons (Fsp3) is 0.471. The smallest absolute Gasteiger partial charge is 0.331 e. The molecule has 2 rings (SSSR count). The number of benzene rings is 1. The maximum absolute atomic E-state index is 12.2. The van der Waals surface area contributed by atoms with Crippen molar-refractivity contribution in [1.29, 1.82) is 0 Å². The standard InChI is InChI=1S/C17H21NO4/c1-22-16(21)17(10-6-3-7-11-17)18-15(20)12-14(19)13-8-4-2-5-9-13/h2,4-5,8-9H,3,6-7,10-12H2,1H3,(H,18,20). The molecular weight excluding hydrogens is 282 g/mol. The van der Waals surface area contributed by atoms with Crippen molar-refractivity contribution in [1.82, 2.24) is 5.32 Å². The van der Waals surface area contributed by atoms with Gasteiger partial charge in [0.15, 0.2) is 5.78 Å². The van der Waals surface area contributed by atoms with Gasteiger partial charge >= 0.3 is 5.97 Å². The molecule has 1 aromatic rings. The van der Waals surface area contributed by atoms with Gasteiger partial charge in [0.2, 0.25) is 5.91 Å². The van der Waals surface area contributed by atoms with Crippen LogP contribution in [0.25, 0.3) is 0 Å². The lowest BCUT2D eigenvalue weighted by Crippen LogP contribution is -2.56. The summed E-state index contributed by atoms with van der Waals surface area (Å²) >= 11 is 0. The minimum atomic E-state index is -0.971. The van der Waals surface area contributed by atoms with Crippen LogP contribution in [0.2, 0.25) is 0 Å². The molecular formula is C17H21NO4. The average Bonchev–Trinajstić information content (AvgIpc) is 2.55. The summed E-state index contributed by atoms with van der Waals surface area (Å²) < 4.78 is 4.84. The van der Waals surface area contributed by atoms with E-state index in [1.54, 1.807) is 24.3 Å². The average molecular weight is 303 g/mol. The highest BCUT2D eigenvalue weighted by atomic mass is 16.5. The third-order valence-corrected chi connectivity index (χ3v) is 4.08. The Morgan fingerprint density at radius 1 is 1.09 bits per heavy atom. The maximum atomic E-state index is 12.2. The van der Waals surface area contributed by atoms with Crippen molar-refractivity contribution in [2.75, 3.05) is 7.11 Å². The second kappa shape index (κ2) is 7.20. The predicted molar refractivity (Wildman–Crippen MR) is 81.4 cm³/mol. The van der Waals surface area contributed by atoms with E-state index in [1.165, 1.54) is 7.11 Å². The van der Waals surface area contributed by atoms with Crippen molar-refractivity contribution in [3.8, 4) is 0 Å². The molecule has 1 N–H and O–H groups in total. The zero-order chi connectivity index (χ0) is 16.0. The number of methoxy groups -OCH3 is 1. The molecule has 0 saturated heterocycles. The molecule has 0 bridgehead atoms. The van der Waals surface area contributed by atoms with E-state index in [1.807, 2.05) is 6.07 Å². The second-order valence-corrected chi connectivity index (χ2v) is 5.65. The zero-order valence-electron chi connectivity index (χ0n) is 12.8. The monoisotopic (exact) mass is 303 g/mol. The third-order valence-electron chi connectivity index (χ3n) is 4.08. The summed E-state index contributed by atoms with van der Waals surface area (Å²) in [5.41, 5.74) is -0.477. The van der Waals surface area contributed by atoms with Gasteiger partial charge in [-0.1, -0.05) is 49.6 Å². The molecule has 5 heteroatoms. The molecule has 1 amide bonds. The Morgan fingerprint density at radius 2 is 1.73 bits per heavy atom. The zero-order valence-corrected chi connectivity index (χ0v) is 12.8. The van der Waals surface area contributed by atoms with Gasteiger partial charge in [0, 0.05) is 5.56 Å². The highest BCUT2D eigenvalue weighted by Gasteiger charge is 2.42. The van der Waals surface area contributed by atoms with Gasteiger partial charge in [0.1, 0.15) is 5.54 Å². The molecule has 0 radical (unpaired) electrons. The minimum absolute atomic E-state index is 0.256. The normalized spacial score (nSPS) is 16.6. The van der Waals surface area contributed by atoms with Gasteiger partial charge < -0.3 is 10.1 Å². The molecule has 0 heterocycles. The molecule has 1 fully saturated rings. The number of carbonyl (C=O) groups is 3. The number of esters is 1. The predicted octanol–water partition coefficient (Wildman–Crippen LogP) is 2.25. The van der Waals surface area contributed by atoms with Crippen LogP contribution < -0.4 is 5.32 Å². The number of ketones is 1. The molecule has 0 spiro atoms. The first-order chi connectivity index (χ1) is 10.6. The first-order valence-corrected chi connectivity index (χ1v) is 7.55. The van der Waals surface area contributed by atoms with Crippen LogP contribution >= 0.6 is 0 Å². The van der Waals surface area contributed by atoms with Crippen molar-refractivity contribution in [3.05, 3.63) is 35.9 Å². The fourth-order valence-electron chi connectivity index (χ4n) is 2.91. The Morgan fingerprint density at radius 3 is 2.32 bits per heavy atom. The molecule has 0 aliphatic heterocycles. The van der Waals surface area contributed by atoms with Gasteiger partial charge in [-0.05, 0) is 12.8 Å². The third kappa shape index (κ3) is 3.72. The van der Waals surface area contributed by atoms with Crippen molar-refractivity contribution in [3.63, 3.8) is 0 Å². The van der Waals surface area contributed by atoms with Gasteiger partial charge in [-0.15, -0.1) is 0 Å². The van der Waals surface area contributed by atoms with Crippen molar-refractivity contribution in [2.45, 2.75) is 44.1 Å². The highest BCUT2D eigenvalue weighted by Crippen LogP contribution is 2.29. The Kier molecular flexibility index (Phi) is 5.31. The highest BCUT2D eigenvalue weighted by molar-refractivity contribution is 6.08. The number of carbonyl (C=O) groups excluding carboxylic acids is 3. The van der Waals surface area contributed by atoms with Crippen LogP contribution in [0.5, 0.6) is 0 Å². The van der Waals surface area contributed by atoms with E-state index in [2.05, 4.69) is 5.32 Å². The molecule has 1 aliphatic rings. The van der Waals surface area contributed by atoms with E-state index in [0.717, 1.165) is 19.3 Å². The van der Waals surface area contributed by atoms with Crippen LogP contribution in [-0.4, -0.2) is 30.3 Å². The van der Waals surface area contributed by atoms with Crippen LogP contribution in [-0.2, 0) is 14.3 Å². The molecule has 1 aromatic carbocycles. The van der Waals surface area contributed by atoms with E-state index in [0.29, 0.717) is 18.4 Å². The summed E-state index contributed by atoms with van der Waals surface area (Å²) in [4.78, 5) is 36.3. The lowest BCUT2D eigenvalue weighted by Gasteiger charge is -2.35. The maximum Gasteiger partial charge on any atom is 0.331 e. The van der Waals surface area contributed by atoms with E-state index >= 15 is 0 Å². The van der Waals surface area contributed by atoms with Crippen molar-refractivity contribution >= 4 is 17.7 Å². The van der Waals surface area contributed by atoms with E-state index in [-0.39, 0.29) is 12.2 Å². The Hall–Kier alpha value is -2.17. The number of ether oxygens (including phenoxy) is 1. The molecule has 5 nitrogen and oxygen atoms in total. The second-order valence-electron chi connectivity index (χ2n) is 5.65. The van der Waals surface area contributed by atoms with Crippen LogP contribution in [0.4, 0.5) is 0 Å². The summed E-state index contributed by atoms with van der Waals surface area (Å²) in [6.07, 6.45) is 3.63. The van der Waals surface area contributed by atoms with Gasteiger partial charge in [-0.25, -0.2) is 4.79 Å². The number of nitrogens with one attached hydrogen (secondary N) is 1. The number of hydrogen-bond donors (Lipinski definition) is 1. The van der Waals surface area contributed by atoms with Crippen LogP contribution in [0.3, 0.4) is 0 Å². The quantitative estimate of drug-likeness (QED) is 0.514. The molecule has 0 aromatic heterocycles. The number of amides is 1. The fourth-order valence-corrected chi connectivity index (χ4v) is 2.91. The number of Topliss-reactive ketones (excluding diaryl/α,β-unsaturated/α-hetero) is 1. The Labute approximate surface area is 130 Å². The molecule has 1 aliphatic carbocycles.